The van der Waals surface area contributed by atoms with Gasteiger partial charge < -0.3 is 9.84 Å². The van der Waals surface area contributed by atoms with Crippen LogP contribution >= 0.6 is 0 Å². The van der Waals surface area contributed by atoms with E-state index in [1.165, 1.54) is 43.5 Å². The zero-order valence-electron chi connectivity index (χ0n) is 10.5. The SMILES string of the molecule is COc1ccc(S(=O)(=O)c2ccc(C(=O)O)cn2)cc1. The van der Waals surface area contributed by atoms with Crippen molar-refractivity contribution in [3.8, 4) is 5.75 Å². The van der Waals surface area contributed by atoms with Gasteiger partial charge in [-0.3, -0.25) is 0 Å². The lowest BCUT2D eigenvalue weighted by Crippen LogP contribution is -2.06. The second kappa shape index (κ2) is 5.30. The number of carboxylic acids is 1. The minimum Gasteiger partial charge on any atom is -0.497 e. The van der Waals surface area contributed by atoms with E-state index in [2.05, 4.69) is 4.98 Å². The van der Waals surface area contributed by atoms with Crippen molar-refractivity contribution >= 4 is 15.8 Å². The zero-order chi connectivity index (χ0) is 14.8. The van der Waals surface area contributed by atoms with E-state index < -0.39 is 15.8 Å². The van der Waals surface area contributed by atoms with Gasteiger partial charge in [-0.25, -0.2) is 18.2 Å². The van der Waals surface area contributed by atoms with E-state index in [0.29, 0.717) is 5.75 Å². The molecule has 1 heterocycles. The molecule has 0 amide bonds. The molecule has 0 spiro atoms. The maximum Gasteiger partial charge on any atom is 0.337 e. The van der Waals surface area contributed by atoms with Crippen LogP contribution in [-0.2, 0) is 9.84 Å². The second-order valence-electron chi connectivity index (χ2n) is 3.87. The molecule has 0 aliphatic heterocycles. The van der Waals surface area contributed by atoms with E-state index in [9.17, 15) is 13.2 Å². The fourth-order valence-corrected chi connectivity index (χ4v) is 2.72. The summed E-state index contributed by atoms with van der Waals surface area (Å²) in [7, 11) is -2.28. The number of ether oxygens (including phenoxy) is 1. The first-order chi connectivity index (χ1) is 9.45. The maximum atomic E-state index is 12.3. The highest BCUT2D eigenvalue weighted by Gasteiger charge is 2.19. The molecule has 1 aromatic heterocycles. The molecule has 1 aromatic carbocycles. The van der Waals surface area contributed by atoms with E-state index in [-0.39, 0.29) is 15.5 Å². The highest BCUT2D eigenvalue weighted by Crippen LogP contribution is 2.21. The first kappa shape index (κ1) is 14.0. The van der Waals surface area contributed by atoms with E-state index in [1.54, 1.807) is 0 Å². The Labute approximate surface area is 115 Å². The largest absolute Gasteiger partial charge is 0.497 e. The molecular formula is C13H11NO5S. The number of hydrogen-bond donors (Lipinski definition) is 1. The standard InChI is InChI=1S/C13H11NO5S/c1-19-10-3-5-11(6-4-10)20(17,18)12-7-2-9(8-14-12)13(15)16/h2-8H,1H3,(H,15,16). The molecule has 0 saturated heterocycles. The lowest BCUT2D eigenvalue weighted by molar-refractivity contribution is 0.0696. The van der Waals surface area contributed by atoms with E-state index in [4.69, 9.17) is 9.84 Å². The molecule has 2 aromatic rings. The number of aromatic carboxylic acids is 1. The predicted octanol–water partition coefficient (Wildman–Crippen LogP) is 1.62. The first-order valence-corrected chi connectivity index (χ1v) is 7.02. The zero-order valence-corrected chi connectivity index (χ0v) is 11.3. The number of hydrogen-bond acceptors (Lipinski definition) is 5. The highest BCUT2D eigenvalue weighted by atomic mass is 32.2. The van der Waals surface area contributed by atoms with Gasteiger partial charge in [-0.2, -0.15) is 0 Å². The Hall–Kier alpha value is -2.41. The van der Waals surface area contributed by atoms with Crippen molar-refractivity contribution in [3.63, 3.8) is 0 Å². The molecule has 0 aliphatic rings. The molecule has 0 aliphatic carbocycles. The van der Waals surface area contributed by atoms with Gasteiger partial charge in [0.15, 0.2) is 5.03 Å². The maximum absolute atomic E-state index is 12.3. The molecule has 0 unspecified atom stereocenters. The van der Waals surface area contributed by atoms with Gasteiger partial charge in [0.05, 0.1) is 17.6 Å². The van der Waals surface area contributed by atoms with E-state index in [1.807, 2.05) is 0 Å². The van der Waals surface area contributed by atoms with Gasteiger partial charge in [-0.15, -0.1) is 0 Å². The van der Waals surface area contributed by atoms with Crippen LogP contribution in [0.3, 0.4) is 0 Å². The van der Waals surface area contributed by atoms with Crippen LogP contribution in [0.25, 0.3) is 0 Å². The van der Waals surface area contributed by atoms with Crippen LogP contribution < -0.4 is 4.74 Å². The summed E-state index contributed by atoms with van der Waals surface area (Å²) in [6, 6.07) is 8.23. The van der Waals surface area contributed by atoms with Crippen molar-refractivity contribution in [2.45, 2.75) is 9.92 Å². The summed E-state index contributed by atoms with van der Waals surface area (Å²) >= 11 is 0. The summed E-state index contributed by atoms with van der Waals surface area (Å²) < 4.78 is 29.5. The van der Waals surface area contributed by atoms with Crippen molar-refractivity contribution in [3.05, 3.63) is 48.2 Å². The normalized spacial score (nSPS) is 11.1. The third-order valence-corrected chi connectivity index (χ3v) is 4.31. The highest BCUT2D eigenvalue weighted by molar-refractivity contribution is 7.91. The minimum absolute atomic E-state index is 0.0638. The summed E-state index contributed by atoms with van der Waals surface area (Å²) in [6.07, 6.45) is 1.01. The van der Waals surface area contributed by atoms with Gasteiger partial charge in [0.2, 0.25) is 9.84 Å². The smallest absolute Gasteiger partial charge is 0.337 e. The Balaban J connectivity index is 2.40. The fourth-order valence-electron chi connectivity index (χ4n) is 1.54. The van der Waals surface area contributed by atoms with Crippen molar-refractivity contribution < 1.29 is 23.1 Å². The number of aromatic nitrogens is 1. The van der Waals surface area contributed by atoms with Gasteiger partial charge in [-0.05, 0) is 36.4 Å². The van der Waals surface area contributed by atoms with Crippen molar-refractivity contribution in [1.82, 2.24) is 4.98 Å². The van der Waals surface area contributed by atoms with Crippen LogP contribution in [0.4, 0.5) is 0 Å². The Bertz CT molecular complexity index is 720. The Morgan fingerprint density at radius 1 is 1.15 bits per heavy atom. The molecular weight excluding hydrogens is 282 g/mol. The number of carboxylic acid groups (broad SMARTS) is 1. The first-order valence-electron chi connectivity index (χ1n) is 5.53. The molecule has 0 bridgehead atoms. The number of nitrogens with zero attached hydrogens (tertiary/aromatic N) is 1. The summed E-state index contributed by atoms with van der Waals surface area (Å²) in [5, 5.41) is 8.55. The Morgan fingerprint density at radius 2 is 1.80 bits per heavy atom. The lowest BCUT2D eigenvalue weighted by atomic mass is 10.3. The number of benzene rings is 1. The lowest BCUT2D eigenvalue weighted by Gasteiger charge is -2.05. The van der Waals surface area contributed by atoms with E-state index in [0.717, 1.165) is 6.20 Å². The average Bonchev–Trinajstić information content (AvgIpc) is 2.47. The topological polar surface area (TPSA) is 93.6 Å². The molecule has 0 radical (unpaired) electrons. The third kappa shape index (κ3) is 2.62. The number of carbonyl (C=O) groups is 1. The Morgan fingerprint density at radius 3 is 2.25 bits per heavy atom. The van der Waals surface area contributed by atoms with Gasteiger partial charge in [0, 0.05) is 6.20 Å². The van der Waals surface area contributed by atoms with Gasteiger partial charge in [0.25, 0.3) is 0 Å². The van der Waals surface area contributed by atoms with Crippen LogP contribution in [0, 0.1) is 0 Å². The number of sulfone groups is 1. The van der Waals surface area contributed by atoms with Crippen LogP contribution in [0.5, 0.6) is 5.75 Å². The molecule has 2 rings (SSSR count). The van der Waals surface area contributed by atoms with Gasteiger partial charge in [-0.1, -0.05) is 0 Å². The molecule has 0 atom stereocenters. The molecule has 0 fully saturated rings. The predicted molar refractivity (Wildman–Crippen MR) is 69.6 cm³/mol. The molecule has 0 saturated carbocycles. The van der Waals surface area contributed by atoms with Crippen molar-refractivity contribution in [2.75, 3.05) is 7.11 Å². The number of pyridine rings is 1. The molecule has 7 heteroatoms. The van der Waals surface area contributed by atoms with Crippen LogP contribution in [0.2, 0.25) is 0 Å². The summed E-state index contributed by atoms with van der Waals surface area (Å²) in [6.45, 7) is 0. The monoisotopic (exact) mass is 293 g/mol. The third-order valence-electron chi connectivity index (χ3n) is 2.63. The summed E-state index contributed by atoms with van der Waals surface area (Å²) in [5.74, 6) is -0.621. The Kier molecular flexibility index (Phi) is 3.71. The minimum atomic E-state index is -3.77. The summed E-state index contributed by atoms with van der Waals surface area (Å²) in [4.78, 5) is 14.5. The van der Waals surface area contributed by atoms with Crippen LogP contribution in [0.1, 0.15) is 10.4 Å². The van der Waals surface area contributed by atoms with Crippen LogP contribution in [-0.4, -0.2) is 31.6 Å². The number of rotatable bonds is 4. The number of methoxy groups -OCH3 is 1. The van der Waals surface area contributed by atoms with Crippen molar-refractivity contribution in [1.29, 1.82) is 0 Å². The molecule has 6 nitrogen and oxygen atoms in total. The van der Waals surface area contributed by atoms with Crippen LogP contribution in [0.15, 0.2) is 52.5 Å². The molecule has 104 valence electrons. The quantitative estimate of drug-likeness (QED) is 0.920. The van der Waals surface area contributed by atoms with Gasteiger partial charge in [0.1, 0.15) is 5.75 Å². The fraction of sp³-hybridized carbons (Fsp3) is 0.0769. The van der Waals surface area contributed by atoms with Crippen molar-refractivity contribution in [2.24, 2.45) is 0 Å². The summed E-state index contributed by atoms with van der Waals surface area (Å²) in [5.41, 5.74) is -0.0707. The van der Waals surface area contributed by atoms with Gasteiger partial charge >= 0.3 is 5.97 Å². The average molecular weight is 293 g/mol. The molecule has 20 heavy (non-hydrogen) atoms. The van der Waals surface area contributed by atoms with E-state index >= 15 is 0 Å². The second-order valence-corrected chi connectivity index (χ2v) is 5.77. The molecule has 1 N–H and O–H groups in total.